The first-order valence-electron chi connectivity index (χ1n) is 18.9. The molecule has 1 aliphatic heterocycles. The molecule has 0 saturated heterocycles. The lowest BCUT2D eigenvalue weighted by atomic mass is 9.77. The smallest absolute Gasteiger partial charge is 0.410 e. The topological polar surface area (TPSA) is 130 Å². The van der Waals surface area contributed by atoms with Crippen LogP contribution in [0.4, 0.5) is 19.7 Å². The summed E-state index contributed by atoms with van der Waals surface area (Å²) in [6.07, 6.45) is 3.87. The average molecular weight is 777 g/mol. The van der Waals surface area contributed by atoms with E-state index in [0.717, 1.165) is 21.9 Å². The van der Waals surface area contributed by atoms with E-state index < -0.39 is 39.2 Å². The van der Waals surface area contributed by atoms with Crippen LogP contribution in [-0.2, 0) is 52.4 Å². The molecule has 13 heteroatoms. The molecule has 1 unspecified atom stereocenters. The third kappa shape index (κ3) is 6.18. The molecule has 2 heterocycles. The zero-order valence-electron chi connectivity index (χ0n) is 31.9. The number of nitrogens with one attached hydrogen (secondary N) is 2. The second-order valence-corrected chi connectivity index (χ2v) is 17.4. The van der Waals surface area contributed by atoms with Crippen LogP contribution < -0.4 is 10.1 Å². The van der Waals surface area contributed by atoms with Crippen molar-refractivity contribution in [3.63, 3.8) is 0 Å². The van der Waals surface area contributed by atoms with Gasteiger partial charge in [-0.2, -0.15) is 5.10 Å². The Hall–Kier alpha value is -5.69. The van der Waals surface area contributed by atoms with Gasteiger partial charge in [-0.05, 0) is 91.8 Å². The number of urea groups is 1. The quantitative estimate of drug-likeness (QED) is 0.153. The van der Waals surface area contributed by atoms with Gasteiger partial charge in [0.15, 0.2) is 9.92 Å². The van der Waals surface area contributed by atoms with Crippen molar-refractivity contribution in [1.82, 2.24) is 19.0 Å². The number of halogens is 1. The van der Waals surface area contributed by atoms with Crippen molar-refractivity contribution >= 4 is 27.7 Å². The second kappa shape index (κ2) is 14.1. The lowest BCUT2D eigenvalue weighted by Gasteiger charge is -2.45. The molecule has 3 aliphatic rings. The van der Waals surface area contributed by atoms with Gasteiger partial charge < -0.3 is 19.7 Å². The summed E-state index contributed by atoms with van der Waals surface area (Å²) < 4.78 is 56.2. The number of benzene rings is 4. The number of carbonyl (C=O) groups excluding carboxylic acids is 2. The van der Waals surface area contributed by atoms with Crippen molar-refractivity contribution in [2.24, 2.45) is 0 Å². The van der Waals surface area contributed by atoms with Crippen LogP contribution in [0.5, 0.6) is 5.88 Å². The number of nitrogens with zero attached hydrogens (tertiary/aromatic N) is 4. The summed E-state index contributed by atoms with van der Waals surface area (Å²) in [6.45, 7) is 5.54. The molecule has 4 aromatic carbocycles. The molecule has 0 radical (unpaired) electrons. The Bertz CT molecular complexity index is 2320. The highest BCUT2D eigenvalue weighted by Crippen LogP contribution is 2.48. The lowest BCUT2D eigenvalue weighted by molar-refractivity contribution is 0.0101. The number of hydrogen-bond acceptors (Lipinski definition) is 7. The normalized spacial score (nSPS) is 16.9. The number of likely N-dealkylation sites (N-methyl/N-ethyl adjacent to an activating group) is 1. The van der Waals surface area contributed by atoms with Crippen molar-refractivity contribution in [3.8, 4) is 5.88 Å². The van der Waals surface area contributed by atoms with E-state index in [1.807, 2.05) is 91.0 Å². The molecule has 0 spiro atoms. The van der Waals surface area contributed by atoms with Gasteiger partial charge in [0.05, 0.1) is 18.8 Å². The fourth-order valence-electron chi connectivity index (χ4n) is 8.25. The molecule has 0 bridgehead atoms. The Morgan fingerprint density at radius 2 is 1.39 bits per heavy atom. The second-order valence-electron chi connectivity index (χ2n) is 15.6. The van der Waals surface area contributed by atoms with Crippen LogP contribution in [0.1, 0.15) is 66.1 Å². The van der Waals surface area contributed by atoms with Crippen LogP contribution in [0.15, 0.2) is 102 Å². The first-order valence-corrected chi connectivity index (χ1v) is 20.4. The molecule has 5 aromatic rings. The molecule has 56 heavy (non-hydrogen) atoms. The van der Waals surface area contributed by atoms with E-state index in [-0.39, 0.29) is 29.7 Å². The minimum Gasteiger partial charge on any atom is -0.475 e. The Balaban J connectivity index is 1.32. The predicted octanol–water partition coefficient (Wildman–Crippen LogP) is 8.08. The maximum absolute atomic E-state index is 16.0. The maximum Gasteiger partial charge on any atom is 0.410 e. The summed E-state index contributed by atoms with van der Waals surface area (Å²) in [7, 11) is -2.78. The number of fused-ring (bicyclic) bond motifs is 3. The zero-order valence-corrected chi connectivity index (χ0v) is 32.7. The molecule has 2 aliphatic carbocycles. The van der Waals surface area contributed by atoms with Gasteiger partial charge in [-0.1, -0.05) is 91.0 Å². The minimum atomic E-state index is -4.39. The maximum atomic E-state index is 16.0. The van der Waals surface area contributed by atoms with Gasteiger partial charge in [-0.15, -0.1) is 0 Å². The number of amides is 3. The number of carbonyl (C=O) groups is 2. The molecular weight excluding hydrogens is 732 g/mol. The molecule has 3 amide bonds. The Morgan fingerprint density at radius 3 is 1.93 bits per heavy atom. The summed E-state index contributed by atoms with van der Waals surface area (Å²) in [5.74, 6) is -0.129. The molecule has 2 atom stereocenters. The minimum absolute atomic E-state index is 0.00516. The molecule has 0 saturated carbocycles. The van der Waals surface area contributed by atoms with Gasteiger partial charge >= 0.3 is 12.1 Å². The van der Waals surface area contributed by atoms with Gasteiger partial charge in [-0.25, -0.2) is 32.0 Å². The zero-order chi connectivity index (χ0) is 39.4. The SMILES string of the molecule is CN(C(=O)OC(C)(C)C)[C@@H]1COc2c(S(=N)(=O)N(C(=O)Nc3c4c(c(F)c5c3CC5)CCC4)C(c3ccccc3)(c3ccccc3)c3ccccc3)cnn2C1. The summed E-state index contributed by atoms with van der Waals surface area (Å²) >= 11 is 0. The van der Waals surface area contributed by atoms with Crippen molar-refractivity contribution < 1.29 is 27.7 Å². The van der Waals surface area contributed by atoms with Crippen LogP contribution in [0, 0.1) is 10.6 Å². The highest BCUT2D eigenvalue weighted by Gasteiger charge is 2.52. The van der Waals surface area contributed by atoms with Crippen LogP contribution in [0.2, 0.25) is 0 Å². The summed E-state index contributed by atoms with van der Waals surface area (Å²) in [4.78, 5) is 29.9. The monoisotopic (exact) mass is 776 g/mol. The third-order valence-electron chi connectivity index (χ3n) is 11.0. The Morgan fingerprint density at radius 1 is 0.875 bits per heavy atom. The molecule has 290 valence electrons. The van der Waals surface area contributed by atoms with Gasteiger partial charge in [0, 0.05) is 12.7 Å². The number of anilines is 1. The number of ether oxygens (including phenoxy) is 2. The van der Waals surface area contributed by atoms with E-state index in [1.54, 1.807) is 27.8 Å². The van der Waals surface area contributed by atoms with E-state index in [4.69, 9.17) is 9.47 Å². The van der Waals surface area contributed by atoms with E-state index in [9.17, 15) is 9.57 Å². The highest BCUT2D eigenvalue weighted by atomic mass is 32.2. The molecule has 11 nitrogen and oxygen atoms in total. The number of aromatic nitrogens is 2. The molecule has 8 rings (SSSR count). The molecule has 0 fully saturated rings. The summed E-state index contributed by atoms with van der Waals surface area (Å²) in [5, 5.41) is 7.66. The fourth-order valence-corrected chi connectivity index (χ4v) is 10.0. The van der Waals surface area contributed by atoms with Gasteiger partial charge in [0.25, 0.3) is 0 Å². The van der Waals surface area contributed by atoms with Crippen LogP contribution in [0.3, 0.4) is 0 Å². The first-order chi connectivity index (χ1) is 26.8. The van der Waals surface area contributed by atoms with Crippen molar-refractivity contribution in [1.29, 1.82) is 4.78 Å². The lowest BCUT2D eigenvalue weighted by Crippen LogP contribution is -2.55. The highest BCUT2D eigenvalue weighted by molar-refractivity contribution is 7.90. The first kappa shape index (κ1) is 37.2. The summed E-state index contributed by atoms with van der Waals surface area (Å²) in [5.41, 5.74) is 2.66. The number of rotatable bonds is 8. The Labute approximate surface area is 326 Å². The van der Waals surface area contributed by atoms with Crippen LogP contribution in [-0.4, -0.2) is 60.6 Å². The fraction of sp³-hybridized carbons (Fsp3) is 0.326. The largest absolute Gasteiger partial charge is 0.475 e. The van der Waals surface area contributed by atoms with E-state index in [0.29, 0.717) is 59.2 Å². The average Bonchev–Trinajstić information content (AvgIpc) is 3.84. The van der Waals surface area contributed by atoms with Gasteiger partial charge in [0.1, 0.15) is 28.5 Å². The number of hydrogen-bond donors (Lipinski definition) is 2. The van der Waals surface area contributed by atoms with E-state index >= 15 is 13.4 Å². The third-order valence-corrected chi connectivity index (χ3v) is 12.8. The molecule has 1 aromatic heterocycles. The summed E-state index contributed by atoms with van der Waals surface area (Å²) in [6, 6.07) is 26.5. The molecule has 2 N–H and O–H groups in total. The predicted molar refractivity (Wildman–Crippen MR) is 211 cm³/mol. The van der Waals surface area contributed by atoms with Gasteiger partial charge in [-0.3, -0.25) is 0 Å². The van der Waals surface area contributed by atoms with E-state index in [1.165, 1.54) is 15.8 Å². The molecular formula is C43H45FN6O5S. The Kier molecular flexibility index (Phi) is 9.38. The van der Waals surface area contributed by atoms with Crippen LogP contribution in [0.25, 0.3) is 0 Å². The van der Waals surface area contributed by atoms with E-state index in [2.05, 4.69) is 10.4 Å². The standard InChI is InChI=1S/C43H45FN6O5S/c1-42(2,3)55-41(52)48(4)31-26-49-39(54-27-31)36(25-46-49)56(45,53)50(40(51)47-38-34-22-14-21-32(34)37(44)33-23-24-35(33)38)43(28-15-8-5-9-16-28,29-17-10-6-11-18-29)30-19-12-7-13-20-30/h5-13,15-20,25,31,45H,14,21-24,26-27H2,1-4H3,(H,47,51)/t31-,56?/m0/s1. The van der Waals surface area contributed by atoms with Gasteiger partial charge in [0.2, 0.25) is 5.88 Å². The van der Waals surface area contributed by atoms with Crippen molar-refractivity contribution in [2.75, 3.05) is 19.0 Å². The van der Waals surface area contributed by atoms with Crippen molar-refractivity contribution in [2.45, 2.75) is 81.5 Å². The van der Waals surface area contributed by atoms with Crippen LogP contribution >= 0.6 is 0 Å². The van der Waals surface area contributed by atoms with Crippen molar-refractivity contribution in [3.05, 3.63) is 142 Å².